The standard InChI is InChI=1S/C52H20Cl4N4O2/c53-33-17-29-39-31(51(61)59-37-11-9-25-13-21-5-1-3-7-23(21)15-27(25)47(37)57-49(29)59)19-35(55)43-42-34(54)18-30-40-32(20-36(56)44(46(40)42)41(33)45(39)43)52(62)60-38-12-10-26-14-22-6-2-4-8-24(22)16-28(26)48(38)58-50(30)60/h1-20H. The summed E-state index contributed by atoms with van der Waals surface area (Å²) in [6.07, 6.45) is 0. The zero-order chi connectivity index (χ0) is 41.2. The van der Waals surface area contributed by atoms with E-state index in [9.17, 15) is 9.59 Å². The van der Waals surface area contributed by atoms with E-state index in [1.54, 1.807) is 20.9 Å². The summed E-state index contributed by atoms with van der Waals surface area (Å²) in [5.41, 5.74) is 3.26. The van der Waals surface area contributed by atoms with Gasteiger partial charge in [-0.2, -0.15) is 0 Å². The van der Waals surface area contributed by atoms with Gasteiger partial charge < -0.3 is 0 Å². The van der Waals surface area contributed by atoms with Gasteiger partial charge in [-0.25, -0.2) is 9.97 Å². The number of rotatable bonds is 0. The summed E-state index contributed by atoms with van der Waals surface area (Å²) in [6, 6.07) is 40.1. The van der Waals surface area contributed by atoms with Crippen molar-refractivity contribution in [2.24, 2.45) is 0 Å². The molecule has 0 aliphatic carbocycles. The van der Waals surface area contributed by atoms with Crippen LogP contribution in [0.5, 0.6) is 0 Å². The van der Waals surface area contributed by atoms with Crippen molar-refractivity contribution in [2.75, 3.05) is 0 Å². The van der Waals surface area contributed by atoms with Crippen molar-refractivity contribution in [3.05, 3.63) is 162 Å². The molecule has 10 heteroatoms. The van der Waals surface area contributed by atoms with Crippen LogP contribution in [0.25, 0.3) is 141 Å². The Balaban J connectivity index is 1.12. The summed E-state index contributed by atoms with van der Waals surface area (Å²) in [5.74, 6) is 0. The van der Waals surface area contributed by atoms with Crippen LogP contribution in [0.2, 0.25) is 20.1 Å². The minimum absolute atomic E-state index is 0.255. The molecular weight excluding hydrogens is 854 g/mol. The van der Waals surface area contributed by atoms with Gasteiger partial charge >= 0.3 is 0 Å². The largest absolute Gasteiger partial charge is 0.268 e. The maximum absolute atomic E-state index is 14.9. The van der Waals surface area contributed by atoms with Crippen molar-refractivity contribution in [3.8, 4) is 0 Å². The van der Waals surface area contributed by atoms with Crippen LogP contribution in [-0.4, -0.2) is 18.8 Å². The third-order valence-corrected chi connectivity index (χ3v) is 14.7. The Hall–Kier alpha value is -6.80. The molecule has 0 fully saturated rings. The van der Waals surface area contributed by atoms with Crippen molar-refractivity contribution in [3.63, 3.8) is 0 Å². The Labute approximate surface area is 366 Å². The van der Waals surface area contributed by atoms with Crippen molar-refractivity contribution in [1.82, 2.24) is 18.8 Å². The highest BCUT2D eigenvalue weighted by Gasteiger charge is 2.29. The van der Waals surface area contributed by atoms with Gasteiger partial charge in [0.1, 0.15) is 11.3 Å². The highest BCUT2D eigenvalue weighted by Crippen LogP contribution is 2.53. The molecule has 0 saturated heterocycles. The molecule has 0 aliphatic rings. The smallest absolute Gasteiger partial charge is 0.264 e. The lowest BCUT2D eigenvalue weighted by Gasteiger charge is -2.21. The van der Waals surface area contributed by atoms with Gasteiger partial charge in [0.25, 0.3) is 11.1 Å². The highest BCUT2D eigenvalue weighted by atomic mass is 35.5. The van der Waals surface area contributed by atoms with E-state index in [1.165, 1.54) is 0 Å². The van der Waals surface area contributed by atoms with Gasteiger partial charge in [0.15, 0.2) is 0 Å². The molecule has 0 amide bonds. The Morgan fingerprint density at radius 2 is 0.694 bits per heavy atom. The zero-order valence-electron chi connectivity index (χ0n) is 31.7. The maximum atomic E-state index is 14.9. The molecule has 11 aromatic carbocycles. The van der Waals surface area contributed by atoms with Gasteiger partial charge in [-0.3, -0.25) is 18.4 Å². The SMILES string of the molecule is O=c1c2cc(Cl)c3c4c(Cl)cc5c6c(cc(Cl)c(c7c(Cl)cc(c2c37)c2nc3c7cc8ccccc8cc7ccc3n12)c46)c(=O)n1c2ccc3cc4ccccc4cc3c2nc51. The number of fused-ring (bicyclic) bond motifs is 16. The third kappa shape index (κ3) is 3.88. The molecule has 0 aliphatic heterocycles. The number of benzene rings is 11. The van der Waals surface area contributed by atoms with E-state index in [0.717, 1.165) is 43.1 Å². The molecule has 0 saturated carbocycles. The fourth-order valence-corrected chi connectivity index (χ4v) is 12.1. The van der Waals surface area contributed by atoms with Crippen molar-refractivity contribution in [2.45, 2.75) is 0 Å². The first-order valence-electron chi connectivity index (χ1n) is 20.0. The summed E-state index contributed by atoms with van der Waals surface area (Å²) in [4.78, 5) is 40.2. The predicted octanol–water partition coefficient (Wildman–Crippen LogP) is 14.5. The summed E-state index contributed by atoms with van der Waals surface area (Å²) in [7, 11) is 0. The zero-order valence-corrected chi connectivity index (χ0v) is 34.7. The maximum Gasteiger partial charge on any atom is 0.264 e. The topological polar surface area (TPSA) is 68.7 Å². The van der Waals surface area contributed by atoms with Crippen LogP contribution >= 0.6 is 46.4 Å². The molecule has 4 aromatic heterocycles. The Morgan fingerprint density at radius 1 is 0.339 bits per heavy atom. The van der Waals surface area contributed by atoms with Crippen LogP contribution in [0.3, 0.4) is 0 Å². The van der Waals surface area contributed by atoms with E-state index in [0.29, 0.717) is 118 Å². The first kappa shape index (κ1) is 33.9. The predicted molar refractivity (Wildman–Crippen MR) is 260 cm³/mol. The van der Waals surface area contributed by atoms with E-state index < -0.39 is 0 Å². The number of imidazole rings is 2. The number of hydrogen-bond donors (Lipinski definition) is 0. The molecule has 62 heavy (non-hydrogen) atoms. The molecule has 15 aromatic rings. The first-order chi connectivity index (χ1) is 30.2. The minimum atomic E-state index is -0.255. The van der Waals surface area contributed by atoms with Crippen LogP contribution in [0, 0.1) is 0 Å². The molecule has 4 heterocycles. The van der Waals surface area contributed by atoms with E-state index in [-0.39, 0.29) is 11.1 Å². The molecule has 0 radical (unpaired) electrons. The van der Waals surface area contributed by atoms with Gasteiger partial charge in [0.2, 0.25) is 0 Å². The Kier molecular flexibility index (Phi) is 6.10. The normalized spacial score (nSPS) is 13.0. The molecule has 15 rings (SSSR count). The van der Waals surface area contributed by atoms with Gasteiger partial charge in [-0.15, -0.1) is 0 Å². The average Bonchev–Trinajstić information content (AvgIpc) is 3.88. The first-order valence-corrected chi connectivity index (χ1v) is 21.5. The van der Waals surface area contributed by atoms with Gasteiger partial charge in [-0.1, -0.05) is 107 Å². The molecule has 288 valence electrons. The third-order valence-electron chi connectivity index (χ3n) is 13.5. The van der Waals surface area contributed by atoms with Gasteiger partial charge in [0, 0.05) is 84.7 Å². The molecule has 0 N–H and O–H groups in total. The lowest BCUT2D eigenvalue weighted by Crippen LogP contribution is -2.14. The lowest BCUT2D eigenvalue weighted by molar-refractivity contribution is 1.19. The molecular formula is C52H20Cl4N4O2. The molecule has 0 atom stereocenters. The fraction of sp³-hybridized carbons (Fsp3) is 0. The summed E-state index contributed by atoms with van der Waals surface area (Å²) < 4.78 is 3.34. The number of pyridine rings is 2. The summed E-state index contributed by atoms with van der Waals surface area (Å²) >= 11 is 29.8. The van der Waals surface area contributed by atoms with Gasteiger partial charge in [-0.05, 0) is 93.0 Å². The monoisotopic (exact) mass is 872 g/mol. The minimum Gasteiger partial charge on any atom is -0.268 e. The van der Waals surface area contributed by atoms with Gasteiger partial charge in [0.05, 0.1) is 32.8 Å². The second-order valence-corrected chi connectivity index (χ2v) is 18.1. The second-order valence-electron chi connectivity index (χ2n) is 16.5. The number of aromatic nitrogens is 4. The summed E-state index contributed by atoms with van der Waals surface area (Å²) in [5, 5.41) is 17.0. The van der Waals surface area contributed by atoms with E-state index in [4.69, 9.17) is 56.4 Å². The fourth-order valence-electron chi connectivity index (χ4n) is 10.9. The van der Waals surface area contributed by atoms with Crippen LogP contribution in [0.15, 0.2) is 131 Å². The lowest BCUT2D eigenvalue weighted by atomic mass is 9.86. The Morgan fingerprint density at radius 3 is 1.08 bits per heavy atom. The van der Waals surface area contributed by atoms with E-state index in [1.807, 2.05) is 60.7 Å². The summed E-state index contributed by atoms with van der Waals surface area (Å²) in [6.45, 7) is 0. The molecule has 6 nitrogen and oxygen atoms in total. The molecule has 0 unspecified atom stereocenters. The quantitative estimate of drug-likeness (QED) is 0.112. The van der Waals surface area contributed by atoms with Crippen molar-refractivity contribution in [1.29, 1.82) is 0 Å². The Bertz CT molecular complexity index is 4470. The van der Waals surface area contributed by atoms with Crippen LogP contribution in [0.1, 0.15) is 0 Å². The number of nitrogens with zero attached hydrogens (tertiary/aromatic N) is 4. The highest BCUT2D eigenvalue weighted by molar-refractivity contribution is 6.56. The second kappa shape index (κ2) is 11.2. The van der Waals surface area contributed by atoms with Crippen LogP contribution in [0.4, 0.5) is 0 Å². The van der Waals surface area contributed by atoms with E-state index >= 15 is 0 Å². The average molecular weight is 875 g/mol. The van der Waals surface area contributed by atoms with Crippen molar-refractivity contribution >= 4 is 187 Å². The molecule has 0 spiro atoms. The number of halogens is 4. The van der Waals surface area contributed by atoms with Crippen LogP contribution in [-0.2, 0) is 0 Å². The molecule has 0 bridgehead atoms. The number of hydrogen-bond acceptors (Lipinski definition) is 4. The van der Waals surface area contributed by atoms with Crippen LogP contribution < -0.4 is 11.1 Å². The van der Waals surface area contributed by atoms with E-state index in [2.05, 4.69) is 48.5 Å². The van der Waals surface area contributed by atoms with Crippen molar-refractivity contribution < 1.29 is 0 Å².